The van der Waals surface area contributed by atoms with E-state index in [0.29, 0.717) is 5.11 Å². The molecule has 0 aromatic carbocycles. The van der Waals surface area contributed by atoms with Crippen molar-refractivity contribution in [2.24, 2.45) is 5.92 Å². The first-order valence-corrected chi connectivity index (χ1v) is 8.12. The lowest BCUT2D eigenvalue weighted by Gasteiger charge is -2.49. The Balaban J connectivity index is 3.10. The molecule has 1 aliphatic heterocycles. The Bertz CT molecular complexity index is 292. The minimum atomic E-state index is -0.255. The maximum absolute atomic E-state index is 11.8. The predicted molar refractivity (Wildman–Crippen MR) is 76.7 cm³/mol. The van der Waals surface area contributed by atoms with Crippen LogP contribution in [0.2, 0.25) is 0 Å². The van der Waals surface area contributed by atoms with Crippen molar-refractivity contribution in [3.05, 3.63) is 0 Å². The van der Waals surface area contributed by atoms with E-state index in [1.54, 1.807) is 23.5 Å². The summed E-state index contributed by atoms with van der Waals surface area (Å²) < 4.78 is -0.255. The lowest BCUT2D eigenvalue weighted by atomic mass is 10.1. The third-order valence-electron chi connectivity index (χ3n) is 2.82. The Labute approximate surface area is 111 Å². The topological polar surface area (TPSA) is 32.3 Å². The summed E-state index contributed by atoms with van der Waals surface area (Å²) in [6, 6.07) is 0. The summed E-state index contributed by atoms with van der Waals surface area (Å²) in [6.45, 7) is 4.97. The van der Waals surface area contributed by atoms with Gasteiger partial charge in [0.1, 0.15) is 4.20 Å². The maximum atomic E-state index is 11.8. The van der Waals surface area contributed by atoms with E-state index in [9.17, 15) is 4.79 Å². The summed E-state index contributed by atoms with van der Waals surface area (Å²) in [5, 5.41) is 3.34. The van der Waals surface area contributed by atoms with E-state index < -0.39 is 0 Å². The molecule has 0 spiro atoms. The molecule has 0 saturated carbocycles. The molecule has 16 heavy (non-hydrogen) atoms. The zero-order chi connectivity index (χ0) is 12.3. The Kier molecular flexibility index (Phi) is 4.94. The van der Waals surface area contributed by atoms with E-state index in [1.165, 1.54) is 0 Å². The predicted octanol–water partition coefficient (Wildman–Crippen LogP) is 2.13. The van der Waals surface area contributed by atoms with Crippen LogP contribution in [0.15, 0.2) is 0 Å². The lowest BCUT2D eigenvalue weighted by molar-refractivity contribution is -0.125. The maximum Gasteiger partial charge on any atom is 0.233 e. The van der Waals surface area contributed by atoms with Crippen molar-refractivity contribution in [1.82, 2.24) is 10.2 Å². The van der Waals surface area contributed by atoms with Crippen LogP contribution in [-0.2, 0) is 4.79 Å². The third kappa shape index (κ3) is 2.19. The monoisotopic (exact) mass is 278 g/mol. The highest BCUT2D eigenvalue weighted by atomic mass is 32.2. The molecule has 1 fully saturated rings. The molecule has 0 aromatic rings. The molecule has 92 valence electrons. The quantitative estimate of drug-likeness (QED) is 0.629. The summed E-state index contributed by atoms with van der Waals surface area (Å²) >= 11 is 8.67. The van der Waals surface area contributed by atoms with Gasteiger partial charge in [-0.05, 0) is 38.1 Å². The molecule has 6 heteroatoms. The standard InChI is InChI=1S/C10H18N2OS3/c1-5-6-12-9(14)11-8(13)7(2)10(12,15-3)16-4/h7H,5-6H2,1-4H3,(H,11,13,14). The Hall–Kier alpha value is 0.0600. The van der Waals surface area contributed by atoms with Gasteiger partial charge in [0.15, 0.2) is 5.11 Å². The van der Waals surface area contributed by atoms with E-state index in [4.69, 9.17) is 12.2 Å². The largest absolute Gasteiger partial charge is 0.325 e. The fourth-order valence-electron chi connectivity index (χ4n) is 1.96. The van der Waals surface area contributed by atoms with Crippen LogP contribution in [0, 0.1) is 5.92 Å². The van der Waals surface area contributed by atoms with Gasteiger partial charge in [0.25, 0.3) is 0 Å². The summed E-state index contributed by atoms with van der Waals surface area (Å²) in [7, 11) is 0. The number of amides is 1. The van der Waals surface area contributed by atoms with Gasteiger partial charge in [-0.1, -0.05) is 6.92 Å². The zero-order valence-corrected chi connectivity index (χ0v) is 12.5. The summed E-state index contributed by atoms with van der Waals surface area (Å²) in [4.78, 5) is 14.0. The van der Waals surface area contributed by atoms with Crippen molar-refractivity contribution in [3.8, 4) is 0 Å². The second-order valence-electron chi connectivity index (χ2n) is 3.71. The number of carbonyl (C=O) groups is 1. The zero-order valence-electron chi connectivity index (χ0n) is 10.1. The molecular weight excluding hydrogens is 260 g/mol. The van der Waals surface area contributed by atoms with Crippen LogP contribution in [0.3, 0.4) is 0 Å². The van der Waals surface area contributed by atoms with Crippen LogP contribution < -0.4 is 5.32 Å². The number of nitrogens with one attached hydrogen (secondary N) is 1. The molecular formula is C10H18N2OS3. The average molecular weight is 278 g/mol. The van der Waals surface area contributed by atoms with Gasteiger partial charge in [-0.3, -0.25) is 4.79 Å². The fraction of sp³-hybridized carbons (Fsp3) is 0.800. The molecule has 1 saturated heterocycles. The third-order valence-corrected chi connectivity index (χ3v) is 6.46. The molecule has 0 aromatic heterocycles. The average Bonchev–Trinajstić information content (AvgIpc) is 2.27. The second kappa shape index (κ2) is 5.60. The summed E-state index contributed by atoms with van der Waals surface area (Å²) in [5.41, 5.74) is 0. The molecule has 1 aliphatic rings. The molecule has 0 bridgehead atoms. The molecule has 3 nitrogen and oxygen atoms in total. The number of nitrogens with zero attached hydrogens (tertiary/aromatic N) is 1. The van der Waals surface area contributed by atoms with Gasteiger partial charge in [-0.2, -0.15) is 0 Å². The molecule has 1 rings (SSSR count). The molecule has 1 heterocycles. The van der Waals surface area contributed by atoms with E-state index in [-0.39, 0.29) is 16.0 Å². The number of rotatable bonds is 4. The van der Waals surface area contributed by atoms with E-state index in [2.05, 4.69) is 17.1 Å². The van der Waals surface area contributed by atoms with E-state index >= 15 is 0 Å². The van der Waals surface area contributed by atoms with Crippen molar-refractivity contribution >= 4 is 46.8 Å². The number of thioether (sulfide) groups is 2. The van der Waals surface area contributed by atoms with Crippen molar-refractivity contribution in [2.45, 2.75) is 24.5 Å². The van der Waals surface area contributed by atoms with Crippen molar-refractivity contribution in [2.75, 3.05) is 19.1 Å². The first-order chi connectivity index (χ1) is 7.53. The second-order valence-corrected chi connectivity index (χ2v) is 6.41. The normalized spacial score (nSPS) is 24.5. The van der Waals surface area contributed by atoms with Gasteiger partial charge in [-0.25, -0.2) is 0 Å². The Morgan fingerprint density at radius 2 is 2.06 bits per heavy atom. The molecule has 1 N–H and O–H groups in total. The highest BCUT2D eigenvalue weighted by Crippen LogP contribution is 2.45. The number of hydrogen-bond acceptors (Lipinski definition) is 4. The summed E-state index contributed by atoms with van der Waals surface area (Å²) in [6.07, 6.45) is 5.10. The summed E-state index contributed by atoms with van der Waals surface area (Å²) in [5.74, 6) is -0.0446. The van der Waals surface area contributed by atoms with Gasteiger partial charge >= 0.3 is 0 Å². The molecule has 1 atom stereocenters. The number of thiocarbonyl (C=S) groups is 1. The first-order valence-electron chi connectivity index (χ1n) is 5.26. The van der Waals surface area contributed by atoms with Crippen molar-refractivity contribution in [3.63, 3.8) is 0 Å². The Morgan fingerprint density at radius 1 is 1.50 bits per heavy atom. The fourth-order valence-corrected chi connectivity index (χ4v) is 4.81. The van der Waals surface area contributed by atoms with Crippen LogP contribution >= 0.6 is 35.7 Å². The van der Waals surface area contributed by atoms with E-state index in [1.807, 2.05) is 19.4 Å². The van der Waals surface area contributed by atoms with Crippen LogP contribution in [-0.4, -0.2) is 39.2 Å². The minimum Gasteiger partial charge on any atom is -0.325 e. The molecule has 0 aliphatic carbocycles. The van der Waals surface area contributed by atoms with Crippen LogP contribution in [0.5, 0.6) is 0 Å². The SMILES string of the molecule is CCCN1C(=S)NC(=O)C(C)C1(SC)SC. The van der Waals surface area contributed by atoms with Crippen molar-refractivity contribution < 1.29 is 4.79 Å². The molecule has 1 amide bonds. The van der Waals surface area contributed by atoms with E-state index in [0.717, 1.165) is 13.0 Å². The van der Waals surface area contributed by atoms with Crippen LogP contribution in [0.4, 0.5) is 0 Å². The number of hydrogen-bond donors (Lipinski definition) is 1. The minimum absolute atomic E-state index is 0.0288. The van der Waals surface area contributed by atoms with Gasteiger partial charge in [0.05, 0.1) is 5.92 Å². The van der Waals surface area contributed by atoms with Crippen LogP contribution in [0.25, 0.3) is 0 Å². The highest BCUT2D eigenvalue weighted by Gasteiger charge is 2.49. The van der Waals surface area contributed by atoms with Crippen molar-refractivity contribution in [1.29, 1.82) is 0 Å². The molecule has 0 radical (unpaired) electrons. The smallest absolute Gasteiger partial charge is 0.233 e. The van der Waals surface area contributed by atoms with Gasteiger partial charge < -0.3 is 10.2 Å². The molecule has 1 unspecified atom stereocenters. The first kappa shape index (κ1) is 14.1. The van der Waals surface area contributed by atoms with Gasteiger partial charge in [-0.15, -0.1) is 23.5 Å². The van der Waals surface area contributed by atoms with Crippen LogP contribution in [0.1, 0.15) is 20.3 Å². The lowest BCUT2D eigenvalue weighted by Crippen LogP contribution is -2.64. The highest BCUT2D eigenvalue weighted by molar-refractivity contribution is 8.17. The van der Waals surface area contributed by atoms with Gasteiger partial charge in [0.2, 0.25) is 5.91 Å². The number of carbonyl (C=O) groups excluding carboxylic acids is 1. The Morgan fingerprint density at radius 3 is 2.50 bits per heavy atom. The van der Waals surface area contributed by atoms with Gasteiger partial charge in [0, 0.05) is 6.54 Å².